The average molecular weight is 428 g/mol. The van der Waals surface area contributed by atoms with Gasteiger partial charge in [-0.25, -0.2) is 5.43 Å². The SMILES string of the molecule is CCCCCCCCOc1ccc(/C=N/NC(=O)c2cccc([N+](=O)[O-])c2)cc1OC. The van der Waals surface area contributed by atoms with Gasteiger partial charge in [-0.05, 0) is 36.2 Å². The fourth-order valence-corrected chi connectivity index (χ4v) is 2.94. The molecule has 31 heavy (non-hydrogen) atoms. The van der Waals surface area contributed by atoms with Gasteiger partial charge < -0.3 is 9.47 Å². The van der Waals surface area contributed by atoms with E-state index in [9.17, 15) is 14.9 Å². The second-order valence-corrected chi connectivity index (χ2v) is 7.03. The first kappa shape index (κ1) is 23.9. The molecule has 0 aliphatic rings. The Bertz CT molecular complexity index is 899. The number of benzene rings is 2. The number of hydrogen-bond acceptors (Lipinski definition) is 6. The summed E-state index contributed by atoms with van der Waals surface area (Å²) in [7, 11) is 1.57. The number of ether oxygens (including phenoxy) is 2. The Hall–Kier alpha value is -3.42. The molecule has 2 aromatic carbocycles. The zero-order valence-electron chi connectivity index (χ0n) is 18.0. The number of non-ortho nitro benzene ring substituents is 1. The van der Waals surface area contributed by atoms with Crippen molar-refractivity contribution in [1.29, 1.82) is 0 Å². The Morgan fingerprint density at radius 2 is 1.87 bits per heavy atom. The zero-order valence-corrected chi connectivity index (χ0v) is 18.0. The summed E-state index contributed by atoms with van der Waals surface area (Å²) >= 11 is 0. The Labute approximate surface area is 182 Å². The molecule has 0 radical (unpaired) electrons. The third-order valence-corrected chi connectivity index (χ3v) is 4.64. The third-order valence-electron chi connectivity index (χ3n) is 4.64. The number of methoxy groups -OCH3 is 1. The lowest BCUT2D eigenvalue weighted by Gasteiger charge is -2.11. The predicted molar refractivity (Wildman–Crippen MR) is 120 cm³/mol. The highest BCUT2D eigenvalue weighted by molar-refractivity contribution is 5.95. The Kier molecular flexibility index (Phi) is 10.0. The number of nitro groups is 1. The average Bonchev–Trinajstić information content (AvgIpc) is 2.79. The molecule has 0 heterocycles. The predicted octanol–water partition coefficient (Wildman–Crippen LogP) is 5.11. The molecule has 0 unspecified atom stereocenters. The maximum absolute atomic E-state index is 12.1. The minimum atomic E-state index is -0.553. The first-order valence-corrected chi connectivity index (χ1v) is 10.4. The van der Waals surface area contributed by atoms with Crippen molar-refractivity contribution in [3.05, 3.63) is 63.7 Å². The summed E-state index contributed by atoms with van der Waals surface area (Å²) in [6.45, 7) is 2.84. The quantitative estimate of drug-likeness (QED) is 0.207. The number of carbonyl (C=O) groups excluding carboxylic acids is 1. The van der Waals surface area contributed by atoms with Gasteiger partial charge in [-0.3, -0.25) is 14.9 Å². The second-order valence-electron chi connectivity index (χ2n) is 7.03. The van der Waals surface area contributed by atoms with Crippen molar-refractivity contribution >= 4 is 17.8 Å². The van der Waals surface area contributed by atoms with Gasteiger partial charge in [0, 0.05) is 17.7 Å². The molecule has 0 spiro atoms. The van der Waals surface area contributed by atoms with Crippen LogP contribution in [0, 0.1) is 10.1 Å². The fourth-order valence-electron chi connectivity index (χ4n) is 2.94. The smallest absolute Gasteiger partial charge is 0.271 e. The number of nitro benzene ring substituents is 1. The lowest BCUT2D eigenvalue weighted by molar-refractivity contribution is -0.384. The summed E-state index contributed by atoms with van der Waals surface area (Å²) in [5.74, 6) is 0.708. The number of hydrazone groups is 1. The highest BCUT2D eigenvalue weighted by Crippen LogP contribution is 2.27. The summed E-state index contributed by atoms with van der Waals surface area (Å²) < 4.78 is 11.2. The second kappa shape index (κ2) is 13.0. The van der Waals surface area contributed by atoms with E-state index < -0.39 is 10.8 Å². The van der Waals surface area contributed by atoms with E-state index in [0.29, 0.717) is 23.7 Å². The van der Waals surface area contributed by atoms with Crippen molar-refractivity contribution < 1.29 is 19.2 Å². The molecule has 0 aromatic heterocycles. The number of amides is 1. The van der Waals surface area contributed by atoms with Gasteiger partial charge in [0.2, 0.25) is 0 Å². The molecule has 0 aliphatic carbocycles. The number of nitrogens with zero attached hydrogens (tertiary/aromatic N) is 2. The number of hydrogen-bond donors (Lipinski definition) is 1. The molecule has 0 saturated carbocycles. The van der Waals surface area contributed by atoms with Gasteiger partial charge in [0.05, 0.1) is 24.9 Å². The first-order valence-electron chi connectivity index (χ1n) is 10.4. The van der Waals surface area contributed by atoms with Gasteiger partial charge >= 0.3 is 0 Å². The van der Waals surface area contributed by atoms with Crippen LogP contribution >= 0.6 is 0 Å². The molecule has 1 N–H and O–H groups in total. The summed E-state index contributed by atoms with van der Waals surface area (Å²) in [5.41, 5.74) is 3.08. The van der Waals surface area contributed by atoms with Crippen LogP contribution in [0.25, 0.3) is 0 Å². The number of rotatable bonds is 13. The highest BCUT2D eigenvalue weighted by atomic mass is 16.6. The molecule has 0 saturated heterocycles. The van der Waals surface area contributed by atoms with E-state index in [-0.39, 0.29) is 11.3 Å². The van der Waals surface area contributed by atoms with Crippen molar-refractivity contribution in [2.45, 2.75) is 45.4 Å². The van der Waals surface area contributed by atoms with Crippen LogP contribution in [-0.4, -0.2) is 30.8 Å². The molecule has 8 heteroatoms. The van der Waals surface area contributed by atoms with E-state index in [1.54, 1.807) is 19.2 Å². The van der Waals surface area contributed by atoms with Crippen molar-refractivity contribution in [3.63, 3.8) is 0 Å². The summed E-state index contributed by atoms with van der Waals surface area (Å²) in [4.78, 5) is 22.4. The molecule has 166 valence electrons. The van der Waals surface area contributed by atoms with Crippen LogP contribution in [0.4, 0.5) is 5.69 Å². The lowest BCUT2D eigenvalue weighted by Crippen LogP contribution is -2.17. The molecule has 0 fully saturated rings. The van der Waals surface area contributed by atoms with Crippen molar-refractivity contribution in [2.24, 2.45) is 5.10 Å². The zero-order chi connectivity index (χ0) is 22.5. The van der Waals surface area contributed by atoms with Crippen LogP contribution in [0.15, 0.2) is 47.6 Å². The molecule has 0 bridgehead atoms. The van der Waals surface area contributed by atoms with E-state index in [1.165, 1.54) is 56.2 Å². The van der Waals surface area contributed by atoms with E-state index in [2.05, 4.69) is 17.5 Å². The fraction of sp³-hybridized carbons (Fsp3) is 0.391. The number of nitrogens with one attached hydrogen (secondary N) is 1. The van der Waals surface area contributed by atoms with Crippen LogP contribution in [-0.2, 0) is 0 Å². The summed E-state index contributed by atoms with van der Waals surface area (Å²) in [5, 5.41) is 14.7. The standard InChI is InChI=1S/C23H29N3O5/c1-3-4-5-6-7-8-14-31-21-13-12-18(15-22(21)30-2)17-24-25-23(27)19-10-9-11-20(16-19)26(28)29/h9-13,15-17H,3-8,14H2,1-2H3,(H,25,27)/b24-17+. The first-order chi connectivity index (χ1) is 15.0. The van der Waals surface area contributed by atoms with Crippen LogP contribution in [0.3, 0.4) is 0 Å². The Morgan fingerprint density at radius 3 is 2.61 bits per heavy atom. The maximum Gasteiger partial charge on any atom is 0.271 e. The van der Waals surface area contributed by atoms with Gasteiger partial charge in [0.15, 0.2) is 11.5 Å². The van der Waals surface area contributed by atoms with Crippen LogP contribution in [0.1, 0.15) is 61.4 Å². The monoisotopic (exact) mass is 427 g/mol. The normalized spacial score (nSPS) is 10.8. The molecular formula is C23H29N3O5. The molecule has 2 rings (SSSR count). The molecular weight excluding hydrogens is 398 g/mol. The van der Waals surface area contributed by atoms with Gasteiger partial charge in [-0.15, -0.1) is 0 Å². The third kappa shape index (κ3) is 8.08. The Balaban J connectivity index is 1.87. The van der Waals surface area contributed by atoms with Crippen molar-refractivity contribution in [1.82, 2.24) is 5.43 Å². The summed E-state index contributed by atoms with van der Waals surface area (Å²) in [6, 6.07) is 10.8. The van der Waals surface area contributed by atoms with Crippen LogP contribution in [0.5, 0.6) is 11.5 Å². The topological polar surface area (TPSA) is 103 Å². The number of unbranched alkanes of at least 4 members (excludes halogenated alkanes) is 5. The molecule has 0 aliphatic heterocycles. The minimum Gasteiger partial charge on any atom is -0.493 e. The van der Waals surface area contributed by atoms with E-state index in [1.807, 2.05) is 6.07 Å². The van der Waals surface area contributed by atoms with Gasteiger partial charge in [-0.2, -0.15) is 5.10 Å². The van der Waals surface area contributed by atoms with Gasteiger partial charge in [0.25, 0.3) is 11.6 Å². The molecule has 8 nitrogen and oxygen atoms in total. The lowest BCUT2D eigenvalue weighted by atomic mass is 10.1. The van der Waals surface area contributed by atoms with E-state index in [4.69, 9.17) is 9.47 Å². The number of carbonyl (C=O) groups is 1. The van der Waals surface area contributed by atoms with Gasteiger partial charge in [-0.1, -0.05) is 45.1 Å². The molecule has 2 aromatic rings. The highest BCUT2D eigenvalue weighted by Gasteiger charge is 2.11. The van der Waals surface area contributed by atoms with Crippen molar-refractivity contribution in [2.75, 3.05) is 13.7 Å². The molecule has 0 atom stereocenters. The largest absolute Gasteiger partial charge is 0.493 e. The summed E-state index contributed by atoms with van der Waals surface area (Å²) in [6.07, 6.45) is 8.63. The molecule has 1 amide bonds. The van der Waals surface area contributed by atoms with Gasteiger partial charge in [0.1, 0.15) is 0 Å². The minimum absolute atomic E-state index is 0.155. The van der Waals surface area contributed by atoms with Crippen molar-refractivity contribution in [3.8, 4) is 11.5 Å². The van der Waals surface area contributed by atoms with E-state index in [0.717, 1.165) is 12.8 Å². The van der Waals surface area contributed by atoms with Crippen LogP contribution < -0.4 is 14.9 Å². The maximum atomic E-state index is 12.1. The van der Waals surface area contributed by atoms with Crippen LogP contribution in [0.2, 0.25) is 0 Å². The Morgan fingerprint density at radius 1 is 1.10 bits per heavy atom. The van der Waals surface area contributed by atoms with E-state index >= 15 is 0 Å².